The van der Waals surface area contributed by atoms with Gasteiger partial charge in [0.1, 0.15) is 0 Å². The standard InChI is InChI=1S/C17H16INS.C11H10INS/c1-12-10-17(13(12)2)19(20-18)11-15-8-5-7-14-6-3-4-9-16(14)15;12-14-13-8-10-6-3-5-9-4-1-2-7-11(9)10/h3-9,17H,1-2,10-11H2;1-7,13H,8H2. The fourth-order valence-electron chi connectivity index (χ4n) is 4.20. The van der Waals surface area contributed by atoms with Gasteiger partial charge in [-0.25, -0.2) is 4.31 Å². The molecular formula is C28H26I2N2S2. The molecule has 0 bridgehead atoms. The number of hydrogen-bond donors (Lipinski definition) is 1. The van der Waals surface area contributed by atoms with Crippen LogP contribution < -0.4 is 4.72 Å². The number of halogens is 2. The molecule has 0 amide bonds. The van der Waals surface area contributed by atoms with Gasteiger partial charge in [0.25, 0.3) is 0 Å². The molecule has 174 valence electrons. The first-order chi connectivity index (χ1) is 16.6. The van der Waals surface area contributed by atoms with E-state index in [9.17, 15) is 0 Å². The molecule has 4 aromatic carbocycles. The summed E-state index contributed by atoms with van der Waals surface area (Å²) in [5.41, 5.74) is 5.11. The number of nitrogens with zero attached hydrogens (tertiary/aromatic N) is 1. The molecule has 1 aliphatic carbocycles. The largest absolute Gasteiger partial charge is 0.251 e. The van der Waals surface area contributed by atoms with E-state index in [1.165, 1.54) is 43.8 Å². The first-order valence-electron chi connectivity index (χ1n) is 11.0. The van der Waals surface area contributed by atoms with E-state index in [2.05, 4.69) is 150 Å². The molecule has 0 spiro atoms. The number of hydrogen-bond acceptors (Lipinski definition) is 4. The summed E-state index contributed by atoms with van der Waals surface area (Å²) in [5.74, 6) is 0. The van der Waals surface area contributed by atoms with Crippen molar-refractivity contribution in [1.82, 2.24) is 9.03 Å². The lowest BCUT2D eigenvalue weighted by Gasteiger charge is -2.39. The first-order valence-corrected chi connectivity index (χ1v) is 17.7. The molecular weight excluding hydrogens is 682 g/mol. The molecule has 0 aromatic heterocycles. The second-order valence-corrected chi connectivity index (χ2v) is 11.7. The normalized spacial score (nSPS) is 15.3. The Morgan fingerprint density at radius 3 is 1.91 bits per heavy atom. The highest BCUT2D eigenvalue weighted by Gasteiger charge is 2.32. The molecule has 1 atom stereocenters. The summed E-state index contributed by atoms with van der Waals surface area (Å²) in [7, 11) is 3.39. The summed E-state index contributed by atoms with van der Waals surface area (Å²) >= 11 is 4.60. The van der Waals surface area contributed by atoms with Crippen molar-refractivity contribution in [2.75, 3.05) is 0 Å². The summed E-state index contributed by atoms with van der Waals surface area (Å²) < 4.78 is 5.66. The molecule has 34 heavy (non-hydrogen) atoms. The minimum atomic E-state index is 0.434. The van der Waals surface area contributed by atoms with E-state index < -0.39 is 0 Å². The monoisotopic (exact) mass is 708 g/mol. The summed E-state index contributed by atoms with van der Waals surface area (Å²) in [6, 6.07) is 30.4. The van der Waals surface area contributed by atoms with Crippen molar-refractivity contribution in [3.8, 4) is 0 Å². The lowest BCUT2D eigenvalue weighted by atomic mass is 9.82. The van der Waals surface area contributed by atoms with Crippen LogP contribution in [-0.4, -0.2) is 10.3 Å². The maximum Gasteiger partial charge on any atom is 0.0499 e. The van der Waals surface area contributed by atoms with E-state index in [0.717, 1.165) is 19.5 Å². The van der Waals surface area contributed by atoms with Crippen LogP contribution in [0.4, 0.5) is 0 Å². The van der Waals surface area contributed by atoms with Gasteiger partial charge in [-0.2, -0.15) is 0 Å². The predicted molar refractivity (Wildman–Crippen MR) is 170 cm³/mol. The van der Waals surface area contributed by atoms with Crippen LogP contribution in [0.5, 0.6) is 0 Å². The molecule has 6 heteroatoms. The van der Waals surface area contributed by atoms with Crippen LogP contribution in [0.1, 0.15) is 17.5 Å². The Balaban J connectivity index is 0.000000172. The van der Waals surface area contributed by atoms with Gasteiger partial charge in [0.2, 0.25) is 0 Å². The van der Waals surface area contributed by atoms with E-state index in [1.54, 1.807) is 18.2 Å². The minimum absolute atomic E-state index is 0.434. The van der Waals surface area contributed by atoms with Gasteiger partial charge < -0.3 is 0 Å². The number of nitrogens with one attached hydrogen (secondary N) is 1. The SMILES string of the molecule is C=C1CC(N(Cc2cccc3ccccc23)SI)C1=C.ISNCc1cccc2ccccc12. The third kappa shape index (κ3) is 6.20. The highest BCUT2D eigenvalue weighted by atomic mass is 127. The van der Waals surface area contributed by atoms with Gasteiger partial charge >= 0.3 is 0 Å². The van der Waals surface area contributed by atoms with Crippen LogP contribution >= 0.6 is 60.6 Å². The molecule has 1 fully saturated rings. The van der Waals surface area contributed by atoms with Crippen molar-refractivity contribution in [2.45, 2.75) is 25.6 Å². The van der Waals surface area contributed by atoms with Gasteiger partial charge in [-0.15, -0.1) is 0 Å². The summed E-state index contributed by atoms with van der Waals surface area (Å²) in [6.07, 6.45) is 1.04. The van der Waals surface area contributed by atoms with E-state index in [4.69, 9.17) is 0 Å². The average molecular weight is 708 g/mol. The molecule has 4 aromatic rings. The summed E-state index contributed by atoms with van der Waals surface area (Å²) in [5, 5.41) is 5.30. The molecule has 1 aliphatic rings. The van der Waals surface area contributed by atoms with Crippen molar-refractivity contribution >= 4 is 82.2 Å². The first kappa shape index (κ1) is 26.0. The molecule has 1 saturated carbocycles. The quantitative estimate of drug-likeness (QED) is 0.152. The zero-order chi connectivity index (χ0) is 23.9. The third-order valence-corrected chi connectivity index (χ3v) is 9.40. The van der Waals surface area contributed by atoms with Gasteiger partial charge in [0.05, 0.1) is 0 Å². The Labute approximate surface area is 235 Å². The van der Waals surface area contributed by atoms with Crippen LogP contribution in [0.3, 0.4) is 0 Å². The lowest BCUT2D eigenvalue weighted by molar-refractivity contribution is 0.357. The molecule has 0 radical (unpaired) electrons. The number of fused-ring (bicyclic) bond motifs is 2. The topological polar surface area (TPSA) is 15.3 Å². The van der Waals surface area contributed by atoms with Gasteiger partial charge in [0.15, 0.2) is 0 Å². The van der Waals surface area contributed by atoms with Crippen molar-refractivity contribution in [3.63, 3.8) is 0 Å². The predicted octanol–water partition coefficient (Wildman–Crippen LogP) is 9.45. The molecule has 1 unspecified atom stereocenters. The van der Waals surface area contributed by atoms with Gasteiger partial charge in [-0.1, -0.05) is 98.1 Å². The van der Waals surface area contributed by atoms with Crippen LogP contribution in [0.15, 0.2) is 109 Å². The Morgan fingerprint density at radius 2 is 1.35 bits per heavy atom. The smallest absolute Gasteiger partial charge is 0.0499 e. The lowest BCUT2D eigenvalue weighted by Crippen LogP contribution is -2.37. The summed E-state index contributed by atoms with van der Waals surface area (Å²) in [6.45, 7) is 10.0. The zero-order valence-corrected chi connectivity index (χ0v) is 24.7. The van der Waals surface area contributed by atoms with Crippen LogP contribution in [-0.2, 0) is 13.1 Å². The molecule has 1 N–H and O–H groups in total. The van der Waals surface area contributed by atoms with Crippen molar-refractivity contribution in [3.05, 3.63) is 120 Å². The van der Waals surface area contributed by atoms with E-state index in [1.807, 2.05) is 0 Å². The van der Waals surface area contributed by atoms with Crippen molar-refractivity contribution < 1.29 is 0 Å². The second-order valence-electron chi connectivity index (χ2n) is 8.17. The Bertz CT molecular complexity index is 1300. The average Bonchev–Trinajstić information content (AvgIpc) is 2.89. The van der Waals surface area contributed by atoms with Gasteiger partial charge in [-0.3, -0.25) is 4.72 Å². The fraction of sp³-hybridized carbons (Fsp3) is 0.143. The number of benzene rings is 4. The second kappa shape index (κ2) is 12.8. The van der Waals surface area contributed by atoms with Crippen LogP contribution in [0.25, 0.3) is 21.5 Å². The number of rotatable bonds is 7. The molecule has 2 nitrogen and oxygen atoms in total. The van der Waals surface area contributed by atoms with E-state index >= 15 is 0 Å². The van der Waals surface area contributed by atoms with Crippen molar-refractivity contribution in [2.24, 2.45) is 0 Å². The zero-order valence-electron chi connectivity index (χ0n) is 18.7. The van der Waals surface area contributed by atoms with E-state index in [-0.39, 0.29) is 0 Å². The van der Waals surface area contributed by atoms with Gasteiger partial charge in [0, 0.05) is 61.5 Å². The van der Waals surface area contributed by atoms with Crippen molar-refractivity contribution in [1.29, 1.82) is 0 Å². The summed E-state index contributed by atoms with van der Waals surface area (Å²) in [4.78, 5) is 0. The highest BCUT2D eigenvalue weighted by molar-refractivity contribution is 14.2. The molecule has 0 heterocycles. The minimum Gasteiger partial charge on any atom is -0.251 e. The fourth-order valence-corrected chi connectivity index (χ4v) is 6.60. The Morgan fingerprint density at radius 1 is 0.794 bits per heavy atom. The van der Waals surface area contributed by atoms with Crippen LogP contribution in [0.2, 0.25) is 0 Å². The maximum absolute atomic E-state index is 4.14. The molecule has 0 aliphatic heterocycles. The Hall–Kier alpha value is -1.04. The van der Waals surface area contributed by atoms with Crippen LogP contribution in [0, 0.1) is 0 Å². The Kier molecular flexibility index (Phi) is 9.79. The van der Waals surface area contributed by atoms with Gasteiger partial charge in [-0.05, 0) is 68.5 Å². The molecule has 0 saturated heterocycles. The maximum atomic E-state index is 4.14. The molecule has 5 rings (SSSR count). The third-order valence-electron chi connectivity index (χ3n) is 6.14. The van der Waals surface area contributed by atoms with E-state index in [0.29, 0.717) is 6.04 Å². The highest BCUT2D eigenvalue weighted by Crippen LogP contribution is 2.40.